The lowest BCUT2D eigenvalue weighted by Gasteiger charge is -2.10. The van der Waals surface area contributed by atoms with Gasteiger partial charge in [0.15, 0.2) is 4.34 Å². The largest absolute Gasteiger partial charge is 0.496 e. The summed E-state index contributed by atoms with van der Waals surface area (Å²) in [6.45, 7) is 0. The zero-order chi connectivity index (χ0) is 18.5. The lowest BCUT2D eigenvalue weighted by molar-refractivity contribution is -0.119. The number of hydrogen-bond donors (Lipinski definition) is 3. The first-order valence-corrected chi connectivity index (χ1v) is 9.88. The highest BCUT2D eigenvalue weighted by atomic mass is 35.5. The van der Waals surface area contributed by atoms with Crippen molar-refractivity contribution in [2.45, 2.75) is 23.2 Å². The fourth-order valence-electron chi connectivity index (χ4n) is 1.94. The molecule has 0 atom stereocenters. The van der Waals surface area contributed by atoms with E-state index in [-0.39, 0.29) is 17.2 Å². The average molecular weight is 414 g/mol. The van der Waals surface area contributed by atoms with E-state index in [9.17, 15) is 9.59 Å². The van der Waals surface area contributed by atoms with Crippen molar-refractivity contribution < 1.29 is 14.3 Å². The van der Waals surface area contributed by atoms with Gasteiger partial charge in [0.25, 0.3) is 5.91 Å². The molecule has 0 radical (unpaired) electrons. The van der Waals surface area contributed by atoms with Crippen molar-refractivity contribution in [1.82, 2.24) is 21.0 Å². The van der Waals surface area contributed by atoms with Gasteiger partial charge in [-0.3, -0.25) is 20.4 Å². The Balaban J connectivity index is 1.45. The molecule has 0 aliphatic heterocycles. The maximum Gasteiger partial charge on any atom is 0.273 e. The smallest absolute Gasteiger partial charge is 0.273 e. The molecule has 1 aromatic heterocycles. The van der Waals surface area contributed by atoms with Gasteiger partial charge in [0.05, 0.1) is 18.4 Å². The van der Waals surface area contributed by atoms with Crippen molar-refractivity contribution in [3.8, 4) is 5.75 Å². The standard InChI is InChI=1S/C15H16ClN5O3S2/c1-24-11-5-2-8(16)6-10(11)13(23)19-18-12(22)7-25-15-21-20-14(26-15)17-9-3-4-9/h2,5-6,9H,3-4,7H2,1H3,(H,17,20)(H,18,22)(H,19,23). The van der Waals surface area contributed by atoms with Gasteiger partial charge in [0.1, 0.15) is 5.75 Å². The van der Waals surface area contributed by atoms with Crippen molar-refractivity contribution >= 4 is 51.6 Å². The molecule has 1 aliphatic carbocycles. The van der Waals surface area contributed by atoms with Gasteiger partial charge >= 0.3 is 0 Å². The second-order valence-electron chi connectivity index (χ2n) is 5.43. The van der Waals surface area contributed by atoms with Crippen LogP contribution in [0, 0.1) is 0 Å². The van der Waals surface area contributed by atoms with E-state index in [0.29, 0.717) is 21.2 Å². The normalized spacial score (nSPS) is 13.2. The summed E-state index contributed by atoms with van der Waals surface area (Å²) in [5.41, 5.74) is 4.92. The first kappa shape index (κ1) is 18.7. The van der Waals surface area contributed by atoms with E-state index in [0.717, 1.165) is 18.0 Å². The van der Waals surface area contributed by atoms with Gasteiger partial charge in [-0.25, -0.2) is 0 Å². The summed E-state index contributed by atoms with van der Waals surface area (Å²) in [5, 5.41) is 12.4. The number of carbonyl (C=O) groups is 2. The molecule has 1 saturated carbocycles. The number of rotatable bonds is 7. The predicted molar refractivity (Wildman–Crippen MR) is 101 cm³/mol. The van der Waals surface area contributed by atoms with E-state index in [2.05, 4.69) is 26.4 Å². The summed E-state index contributed by atoms with van der Waals surface area (Å²) >= 11 is 8.54. The Labute approximate surface area is 163 Å². The Morgan fingerprint density at radius 3 is 2.88 bits per heavy atom. The van der Waals surface area contributed by atoms with Crippen LogP contribution in [0.15, 0.2) is 22.5 Å². The number of anilines is 1. The minimum Gasteiger partial charge on any atom is -0.496 e. The number of nitrogens with one attached hydrogen (secondary N) is 3. The second kappa shape index (κ2) is 8.56. The Morgan fingerprint density at radius 1 is 1.35 bits per heavy atom. The quantitative estimate of drug-likeness (QED) is 0.472. The number of hydrazine groups is 1. The molecule has 0 unspecified atom stereocenters. The summed E-state index contributed by atoms with van der Waals surface area (Å²) in [6, 6.07) is 5.16. The molecule has 3 N–H and O–H groups in total. The van der Waals surface area contributed by atoms with Crippen LogP contribution in [0.3, 0.4) is 0 Å². The Morgan fingerprint density at radius 2 is 2.15 bits per heavy atom. The Bertz CT molecular complexity index is 812. The van der Waals surface area contributed by atoms with Crippen LogP contribution in [-0.4, -0.2) is 40.9 Å². The van der Waals surface area contributed by atoms with Gasteiger partial charge in [-0.1, -0.05) is 34.7 Å². The number of halogens is 1. The molecule has 1 aromatic carbocycles. The van der Waals surface area contributed by atoms with Crippen LogP contribution in [0.25, 0.3) is 0 Å². The molecule has 1 heterocycles. The van der Waals surface area contributed by atoms with Crippen LogP contribution in [0.1, 0.15) is 23.2 Å². The topological polar surface area (TPSA) is 105 Å². The van der Waals surface area contributed by atoms with E-state index >= 15 is 0 Å². The monoisotopic (exact) mass is 413 g/mol. The van der Waals surface area contributed by atoms with Gasteiger partial charge in [-0.05, 0) is 31.0 Å². The number of amides is 2. The summed E-state index contributed by atoms with van der Waals surface area (Å²) in [4.78, 5) is 24.1. The Hall–Kier alpha value is -2.04. The molecule has 2 aromatic rings. The molecule has 2 amide bonds. The van der Waals surface area contributed by atoms with Crippen LogP contribution in [-0.2, 0) is 4.79 Å². The molecule has 138 valence electrons. The van der Waals surface area contributed by atoms with Crippen molar-refractivity contribution in [2.24, 2.45) is 0 Å². The zero-order valence-electron chi connectivity index (χ0n) is 13.7. The lowest BCUT2D eigenvalue weighted by atomic mass is 10.2. The van der Waals surface area contributed by atoms with Crippen molar-refractivity contribution in [2.75, 3.05) is 18.2 Å². The molecule has 1 fully saturated rings. The van der Waals surface area contributed by atoms with Crippen LogP contribution < -0.4 is 20.9 Å². The van der Waals surface area contributed by atoms with E-state index in [1.165, 1.54) is 36.3 Å². The maximum atomic E-state index is 12.2. The molecule has 26 heavy (non-hydrogen) atoms. The predicted octanol–water partition coefficient (Wildman–Crippen LogP) is 2.33. The molecule has 0 spiro atoms. The highest BCUT2D eigenvalue weighted by molar-refractivity contribution is 8.01. The first-order valence-electron chi connectivity index (χ1n) is 7.70. The number of nitrogens with zero attached hydrogens (tertiary/aromatic N) is 2. The number of thioether (sulfide) groups is 1. The summed E-state index contributed by atoms with van der Waals surface area (Å²) in [6.07, 6.45) is 2.31. The molecular formula is C15H16ClN5O3S2. The number of aromatic nitrogens is 2. The van der Waals surface area contributed by atoms with Gasteiger partial charge in [0, 0.05) is 11.1 Å². The molecular weight excluding hydrogens is 398 g/mol. The molecule has 3 rings (SSSR count). The minimum atomic E-state index is -0.519. The van der Waals surface area contributed by atoms with Gasteiger partial charge < -0.3 is 10.1 Å². The maximum absolute atomic E-state index is 12.2. The second-order valence-corrected chi connectivity index (χ2v) is 8.06. The van der Waals surface area contributed by atoms with Crippen molar-refractivity contribution in [1.29, 1.82) is 0 Å². The van der Waals surface area contributed by atoms with Crippen LogP contribution in [0.2, 0.25) is 5.02 Å². The number of methoxy groups -OCH3 is 1. The average Bonchev–Trinajstić information content (AvgIpc) is 3.34. The highest BCUT2D eigenvalue weighted by Crippen LogP contribution is 2.30. The number of hydrogen-bond acceptors (Lipinski definition) is 8. The number of ether oxygens (including phenoxy) is 1. The van der Waals surface area contributed by atoms with Crippen LogP contribution >= 0.6 is 34.7 Å². The van der Waals surface area contributed by atoms with Gasteiger partial charge in [0.2, 0.25) is 11.0 Å². The van der Waals surface area contributed by atoms with E-state index in [4.69, 9.17) is 16.3 Å². The fourth-order valence-corrected chi connectivity index (χ4v) is 3.74. The van der Waals surface area contributed by atoms with Gasteiger partial charge in [-0.2, -0.15) is 0 Å². The van der Waals surface area contributed by atoms with Crippen LogP contribution in [0.5, 0.6) is 5.75 Å². The van der Waals surface area contributed by atoms with Gasteiger partial charge in [-0.15, -0.1) is 10.2 Å². The van der Waals surface area contributed by atoms with Crippen molar-refractivity contribution in [3.63, 3.8) is 0 Å². The number of benzene rings is 1. The fraction of sp³-hybridized carbons (Fsp3) is 0.333. The molecule has 11 heteroatoms. The molecule has 0 saturated heterocycles. The third-order valence-electron chi connectivity index (χ3n) is 3.36. The third kappa shape index (κ3) is 5.23. The van der Waals surface area contributed by atoms with E-state index in [1.807, 2.05) is 0 Å². The molecule has 0 bridgehead atoms. The SMILES string of the molecule is COc1ccc(Cl)cc1C(=O)NNC(=O)CSc1nnc(NC2CC2)s1. The summed E-state index contributed by atoms with van der Waals surface area (Å²) in [5.74, 6) is -0.420. The molecule has 8 nitrogen and oxygen atoms in total. The molecule has 1 aliphatic rings. The van der Waals surface area contributed by atoms with E-state index in [1.54, 1.807) is 12.1 Å². The summed E-state index contributed by atoms with van der Waals surface area (Å²) in [7, 11) is 1.45. The minimum absolute atomic E-state index is 0.102. The number of carbonyl (C=O) groups excluding carboxylic acids is 2. The van der Waals surface area contributed by atoms with Crippen molar-refractivity contribution in [3.05, 3.63) is 28.8 Å². The Kier molecular flexibility index (Phi) is 6.17. The van der Waals surface area contributed by atoms with E-state index < -0.39 is 5.91 Å². The van der Waals surface area contributed by atoms with Crippen LogP contribution in [0.4, 0.5) is 5.13 Å². The third-order valence-corrected chi connectivity index (χ3v) is 5.58. The first-order chi connectivity index (χ1) is 12.5. The zero-order valence-corrected chi connectivity index (χ0v) is 16.1. The lowest BCUT2D eigenvalue weighted by Crippen LogP contribution is -2.42. The summed E-state index contributed by atoms with van der Waals surface area (Å²) < 4.78 is 5.80. The highest BCUT2D eigenvalue weighted by Gasteiger charge is 2.22.